The van der Waals surface area contributed by atoms with Crippen molar-refractivity contribution in [3.8, 4) is 0 Å². The van der Waals surface area contributed by atoms with Crippen molar-refractivity contribution in [3.05, 3.63) is 41.5 Å². The molecule has 1 aromatic carbocycles. The maximum atomic E-state index is 13.6. The molecule has 0 radical (unpaired) electrons. The molecule has 0 atom stereocenters. The number of aryl methyl sites for hydroxylation is 1. The molecule has 1 aromatic heterocycles. The molecule has 1 spiro atoms. The van der Waals surface area contributed by atoms with Crippen LogP contribution in [-0.4, -0.2) is 46.5 Å². The first-order valence-corrected chi connectivity index (χ1v) is 14.6. The third-order valence-corrected chi connectivity index (χ3v) is 10.3. The van der Waals surface area contributed by atoms with Gasteiger partial charge in [-0.1, -0.05) is 18.9 Å². The van der Waals surface area contributed by atoms with Gasteiger partial charge in [0.2, 0.25) is 0 Å². The van der Waals surface area contributed by atoms with Crippen LogP contribution in [0.25, 0.3) is 0 Å². The molecule has 6 nitrogen and oxygen atoms in total. The smallest absolute Gasteiger partial charge is 0.259 e. The number of pyridine rings is 1. The van der Waals surface area contributed by atoms with E-state index in [-0.39, 0.29) is 18.1 Å². The Labute approximate surface area is 218 Å². The normalized spacial score (nSPS) is 22.0. The van der Waals surface area contributed by atoms with Crippen molar-refractivity contribution in [1.82, 2.24) is 4.98 Å². The van der Waals surface area contributed by atoms with Crippen LogP contribution in [0, 0.1) is 12.3 Å². The van der Waals surface area contributed by atoms with Crippen LogP contribution in [0.3, 0.4) is 0 Å². The average molecular weight is 507 g/mol. The molecule has 2 heterocycles. The molecule has 4 fully saturated rings. The molecule has 0 bridgehead atoms. The zero-order chi connectivity index (χ0) is 24.8. The number of hydrogen-bond acceptors (Lipinski definition) is 6. The van der Waals surface area contributed by atoms with Crippen molar-refractivity contribution < 1.29 is 9.90 Å². The van der Waals surface area contributed by atoms with E-state index >= 15 is 0 Å². The Bertz CT molecular complexity index is 1130. The lowest BCUT2D eigenvalue weighted by Gasteiger charge is -2.34. The molecule has 3 aliphatic carbocycles. The predicted molar refractivity (Wildman–Crippen MR) is 147 cm³/mol. The zero-order valence-electron chi connectivity index (χ0n) is 21.3. The molecular formula is C29H38N4O2S. The predicted octanol–water partition coefficient (Wildman–Crippen LogP) is 5.99. The number of nitrogens with zero attached hydrogens (tertiary/aromatic N) is 2. The fourth-order valence-electron chi connectivity index (χ4n) is 5.74. The van der Waals surface area contributed by atoms with E-state index in [0.29, 0.717) is 16.2 Å². The van der Waals surface area contributed by atoms with E-state index in [4.69, 9.17) is 4.98 Å². The molecule has 1 saturated heterocycles. The van der Waals surface area contributed by atoms with Crippen LogP contribution in [0.1, 0.15) is 80.1 Å². The molecule has 192 valence electrons. The first kappa shape index (κ1) is 24.1. The molecule has 0 unspecified atom stereocenters. The van der Waals surface area contributed by atoms with Gasteiger partial charge in [-0.05, 0) is 93.5 Å². The SMILES string of the molecule is Cc1ccc(NC(=O)c2ccc(NC3(CO)CC3)nc2N2CCC3(CC2)CC3)cc1SC1CCCC1. The van der Waals surface area contributed by atoms with E-state index in [1.165, 1.54) is 61.8 Å². The molecule has 4 aliphatic rings. The number of nitrogens with one attached hydrogen (secondary N) is 2. The summed E-state index contributed by atoms with van der Waals surface area (Å²) in [7, 11) is 0. The summed E-state index contributed by atoms with van der Waals surface area (Å²) in [6, 6.07) is 10.0. The Kier molecular flexibility index (Phi) is 6.41. The van der Waals surface area contributed by atoms with Crippen LogP contribution in [0.15, 0.2) is 35.2 Å². The highest BCUT2D eigenvalue weighted by Gasteiger charge is 2.45. The van der Waals surface area contributed by atoms with Gasteiger partial charge in [0, 0.05) is 28.9 Å². The number of amides is 1. The standard InChI is InChI=1S/C29H38N4O2S/c1-20-6-7-21(18-24(20)36-22-4-2-3-5-22)30-27(35)23-8-9-25(32-29(19-34)12-13-29)31-26(23)33-16-14-28(10-11-28)15-17-33/h6-9,18,22,34H,2-5,10-17,19H2,1H3,(H,30,35)(H,31,32). The highest BCUT2D eigenvalue weighted by molar-refractivity contribution is 8.00. The molecule has 36 heavy (non-hydrogen) atoms. The largest absolute Gasteiger partial charge is 0.394 e. The summed E-state index contributed by atoms with van der Waals surface area (Å²) in [5, 5.41) is 17.1. The molecular weight excluding hydrogens is 468 g/mol. The topological polar surface area (TPSA) is 77.5 Å². The van der Waals surface area contributed by atoms with Gasteiger partial charge in [0.15, 0.2) is 0 Å². The summed E-state index contributed by atoms with van der Waals surface area (Å²) in [5.41, 5.74) is 3.03. The molecule has 3 saturated carbocycles. The molecule has 6 rings (SSSR count). The molecule has 1 aliphatic heterocycles. The third kappa shape index (κ3) is 5.10. The van der Waals surface area contributed by atoms with E-state index in [1.807, 2.05) is 30.0 Å². The van der Waals surface area contributed by atoms with E-state index in [0.717, 1.165) is 43.3 Å². The van der Waals surface area contributed by atoms with Crippen molar-refractivity contribution in [1.29, 1.82) is 0 Å². The second kappa shape index (κ2) is 9.56. The van der Waals surface area contributed by atoms with Crippen molar-refractivity contribution in [3.63, 3.8) is 0 Å². The summed E-state index contributed by atoms with van der Waals surface area (Å²) >= 11 is 1.96. The number of aromatic nitrogens is 1. The maximum absolute atomic E-state index is 13.6. The first-order chi connectivity index (χ1) is 17.5. The Hall–Kier alpha value is -2.25. The highest BCUT2D eigenvalue weighted by Crippen LogP contribution is 2.54. The van der Waals surface area contributed by atoms with E-state index < -0.39 is 0 Å². The zero-order valence-corrected chi connectivity index (χ0v) is 22.1. The van der Waals surface area contributed by atoms with Crippen LogP contribution in [-0.2, 0) is 0 Å². The van der Waals surface area contributed by atoms with Crippen LogP contribution in [0.4, 0.5) is 17.3 Å². The minimum Gasteiger partial charge on any atom is -0.394 e. The number of aliphatic hydroxyl groups excluding tert-OH is 1. The Morgan fingerprint density at radius 2 is 1.83 bits per heavy atom. The molecule has 3 N–H and O–H groups in total. The highest BCUT2D eigenvalue weighted by atomic mass is 32.2. The van der Waals surface area contributed by atoms with Gasteiger partial charge in [0.1, 0.15) is 11.6 Å². The minimum atomic E-state index is -0.247. The van der Waals surface area contributed by atoms with Gasteiger partial charge in [-0.2, -0.15) is 0 Å². The second-order valence-electron chi connectivity index (χ2n) is 11.6. The lowest BCUT2D eigenvalue weighted by atomic mass is 9.93. The van der Waals surface area contributed by atoms with Crippen molar-refractivity contribution >= 4 is 35.0 Å². The minimum absolute atomic E-state index is 0.104. The van der Waals surface area contributed by atoms with Gasteiger partial charge in [-0.3, -0.25) is 4.79 Å². The number of piperidine rings is 1. The van der Waals surface area contributed by atoms with Gasteiger partial charge in [-0.15, -0.1) is 11.8 Å². The molecule has 7 heteroatoms. The van der Waals surface area contributed by atoms with Gasteiger partial charge in [-0.25, -0.2) is 4.98 Å². The van der Waals surface area contributed by atoms with Crippen LogP contribution < -0.4 is 15.5 Å². The van der Waals surface area contributed by atoms with Crippen LogP contribution in [0.2, 0.25) is 0 Å². The fourth-order valence-corrected chi connectivity index (χ4v) is 7.12. The van der Waals surface area contributed by atoms with Gasteiger partial charge in [0.25, 0.3) is 5.91 Å². The number of carbonyl (C=O) groups excluding carboxylic acids is 1. The summed E-state index contributed by atoms with van der Waals surface area (Å²) < 4.78 is 0. The van der Waals surface area contributed by atoms with Crippen LogP contribution in [0.5, 0.6) is 0 Å². The summed E-state index contributed by atoms with van der Waals surface area (Å²) in [5.74, 6) is 1.39. The Morgan fingerprint density at radius 3 is 2.50 bits per heavy atom. The number of carbonyl (C=O) groups is 1. The lowest BCUT2D eigenvalue weighted by molar-refractivity contribution is 0.102. The second-order valence-corrected chi connectivity index (χ2v) is 12.9. The Morgan fingerprint density at radius 1 is 1.08 bits per heavy atom. The first-order valence-electron chi connectivity index (χ1n) is 13.7. The van der Waals surface area contributed by atoms with E-state index in [9.17, 15) is 9.90 Å². The maximum Gasteiger partial charge on any atom is 0.259 e. The number of aliphatic hydroxyl groups is 1. The summed E-state index contributed by atoms with van der Waals surface area (Å²) in [4.78, 5) is 22.1. The fraction of sp³-hybridized carbons (Fsp3) is 0.586. The van der Waals surface area contributed by atoms with Crippen LogP contribution >= 0.6 is 11.8 Å². The monoisotopic (exact) mass is 506 g/mol. The average Bonchev–Trinajstić information content (AvgIpc) is 3.78. The third-order valence-electron chi connectivity index (χ3n) is 8.79. The van der Waals surface area contributed by atoms with Crippen molar-refractivity contribution in [2.24, 2.45) is 5.41 Å². The Balaban J connectivity index is 1.23. The number of thioether (sulfide) groups is 1. The van der Waals surface area contributed by atoms with E-state index in [2.05, 4.69) is 34.6 Å². The molecule has 1 amide bonds. The van der Waals surface area contributed by atoms with Gasteiger partial charge in [0.05, 0.1) is 17.7 Å². The summed E-state index contributed by atoms with van der Waals surface area (Å²) in [6.07, 6.45) is 12.1. The van der Waals surface area contributed by atoms with Crippen molar-refractivity contribution in [2.75, 3.05) is 35.2 Å². The number of hydrogen-bond donors (Lipinski definition) is 3. The van der Waals surface area contributed by atoms with Gasteiger partial charge >= 0.3 is 0 Å². The number of rotatable bonds is 8. The van der Waals surface area contributed by atoms with Gasteiger partial charge < -0.3 is 20.6 Å². The van der Waals surface area contributed by atoms with E-state index in [1.54, 1.807) is 0 Å². The molecule has 2 aromatic rings. The van der Waals surface area contributed by atoms with Crippen molar-refractivity contribution in [2.45, 2.75) is 86.8 Å². The summed E-state index contributed by atoms with van der Waals surface area (Å²) in [6.45, 7) is 4.13. The number of anilines is 3. The lowest BCUT2D eigenvalue weighted by Crippen LogP contribution is -2.36. The number of benzene rings is 1. The quantitative estimate of drug-likeness (QED) is 0.408.